The average Bonchev–Trinajstić information content (AvgIpc) is 2.78. The maximum absolute atomic E-state index is 4.38. The van der Waals surface area contributed by atoms with Crippen molar-refractivity contribution in [2.45, 2.75) is 39.2 Å². The minimum atomic E-state index is 0.491. The molecule has 0 radical (unpaired) electrons. The first-order valence-electron chi connectivity index (χ1n) is 6.27. The minimum absolute atomic E-state index is 0.491. The van der Waals surface area contributed by atoms with Crippen LogP contribution in [0.2, 0.25) is 0 Å². The van der Waals surface area contributed by atoms with E-state index < -0.39 is 0 Å². The summed E-state index contributed by atoms with van der Waals surface area (Å²) in [5.41, 5.74) is 0.491. The molecule has 1 aliphatic heterocycles. The van der Waals surface area contributed by atoms with Gasteiger partial charge in [0.2, 0.25) is 0 Å². The van der Waals surface area contributed by atoms with Crippen LogP contribution in [0, 0.1) is 5.41 Å². The summed E-state index contributed by atoms with van der Waals surface area (Å²) in [6, 6.07) is 0.672. The molecule has 1 N–H and O–H groups in total. The highest BCUT2D eigenvalue weighted by atomic mass is 32.2. The van der Waals surface area contributed by atoms with Crippen LogP contribution in [0.3, 0.4) is 0 Å². The molecule has 2 unspecified atom stereocenters. The summed E-state index contributed by atoms with van der Waals surface area (Å²) in [4.78, 5) is 4.38. The Bertz CT molecular complexity index is 335. The molecule has 0 aromatic carbocycles. The van der Waals surface area contributed by atoms with E-state index in [4.69, 9.17) is 0 Å². The van der Waals surface area contributed by atoms with Crippen LogP contribution in [0.1, 0.15) is 38.1 Å². The fourth-order valence-electron chi connectivity index (χ4n) is 2.30. The van der Waals surface area contributed by atoms with Crippen molar-refractivity contribution in [2.75, 3.05) is 18.1 Å². The maximum atomic E-state index is 4.38. The Hall–Kier alpha value is -0.0600. The standard InChI is InChI=1S/C13H22N2S2/c1-10(12-14-4-5-17-12)7-15-11-6-13(2,3)9-16-8-11/h4-5,10-11,15H,6-9H2,1-3H3. The highest BCUT2D eigenvalue weighted by Crippen LogP contribution is 2.33. The fraction of sp³-hybridized carbons (Fsp3) is 0.769. The second-order valence-electron chi connectivity index (χ2n) is 5.76. The third-order valence-electron chi connectivity index (χ3n) is 3.20. The Morgan fingerprint density at radius 3 is 3.06 bits per heavy atom. The van der Waals surface area contributed by atoms with E-state index in [2.05, 4.69) is 48.2 Å². The molecular formula is C13H22N2S2. The van der Waals surface area contributed by atoms with Crippen molar-refractivity contribution < 1.29 is 0 Å². The van der Waals surface area contributed by atoms with E-state index in [1.54, 1.807) is 11.3 Å². The van der Waals surface area contributed by atoms with E-state index in [0.29, 0.717) is 17.4 Å². The molecule has 96 valence electrons. The van der Waals surface area contributed by atoms with Crippen molar-refractivity contribution in [3.8, 4) is 0 Å². The number of hydrogen-bond acceptors (Lipinski definition) is 4. The number of aromatic nitrogens is 1. The predicted octanol–water partition coefficient (Wildman–Crippen LogP) is 3.37. The van der Waals surface area contributed by atoms with Gasteiger partial charge in [0, 0.05) is 35.8 Å². The Kier molecular flexibility index (Phi) is 4.50. The molecule has 0 spiro atoms. The van der Waals surface area contributed by atoms with Crippen molar-refractivity contribution in [1.82, 2.24) is 10.3 Å². The number of thiazole rings is 1. The minimum Gasteiger partial charge on any atom is -0.312 e. The number of nitrogens with one attached hydrogen (secondary N) is 1. The van der Waals surface area contributed by atoms with Crippen molar-refractivity contribution >= 4 is 23.1 Å². The van der Waals surface area contributed by atoms with Gasteiger partial charge in [0.1, 0.15) is 0 Å². The molecule has 1 aromatic heterocycles. The van der Waals surface area contributed by atoms with Crippen molar-refractivity contribution in [2.24, 2.45) is 5.41 Å². The first kappa shape index (κ1) is 13.4. The second-order valence-corrected chi connectivity index (χ2v) is 7.72. The van der Waals surface area contributed by atoms with Crippen molar-refractivity contribution in [3.63, 3.8) is 0 Å². The molecule has 1 aromatic rings. The largest absolute Gasteiger partial charge is 0.312 e. The normalized spacial score (nSPS) is 25.7. The van der Waals surface area contributed by atoms with E-state index in [1.807, 2.05) is 6.20 Å². The smallest absolute Gasteiger partial charge is 0.0965 e. The first-order valence-corrected chi connectivity index (χ1v) is 8.31. The van der Waals surface area contributed by atoms with E-state index in [1.165, 1.54) is 22.9 Å². The first-order chi connectivity index (χ1) is 8.07. The Morgan fingerprint density at radius 1 is 1.59 bits per heavy atom. The molecule has 2 rings (SSSR count). The number of hydrogen-bond donors (Lipinski definition) is 1. The van der Waals surface area contributed by atoms with Gasteiger partial charge in [-0.1, -0.05) is 20.8 Å². The Morgan fingerprint density at radius 2 is 2.41 bits per heavy atom. The van der Waals surface area contributed by atoms with Crippen LogP contribution in [0.15, 0.2) is 11.6 Å². The van der Waals surface area contributed by atoms with Gasteiger partial charge in [-0.25, -0.2) is 4.98 Å². The van der Waals surface area contributed by atoms with Crippen LogP contribution in [-0.2, 0) is 0 Å². The summed E-state index contributed by atoms with van der Waals surface area (Å²) in [6.45, 7) is 8.05. The van der Waals surface area contributed by atoms with Gasteiger partial charge in [0.15, 0.2) is 0 Å². The lowest BCUT2D eigenvalue weighted by atomic mass is 9.87. The molecule has 17 heavy (non-hydrogen) atoms. The number of rotatable bonds is 4. The SMILES string of the molecule is CC(CNC1CSCC(C)(C)C1)c1nccs1. The van der Waals surface area contributed by atoms with E-state index in [0.717, 1.165) is 6.54 Å². The summed E-state index contributed by atoms with van der Waals surface area (Å²) < 4.78 is 0. The molecule has 1 aliphatic rings. The topological polar surface area (TPSA) is 24.9 Å². The van der Waals surface area contributed by atoms with Gasteiger partial charge in [0.05, 0.1) is 5.01 Å². The fourth-order valence-corrected chi connectivity index (χ4v) is 4.31. The predicted molar refractivity (Wildman–Crippen MR) is 78.0 cm³/mol. The monoisotopic (exact) mass is 270 g/mol. The zero-order valence-electron chi connectivity index (χ0n) is 10.9. The Balaban J connectivity index is 1.78. The summed E-state index contributed by atoms with van der Waals surface area (Å²) in [5, 5.41) is 7.02. The maximum Gasteiger partial charge on any atom is 0.0965 e. The van der Waals surface area contributed by atoms with Crippen LogP contribution in [0.5, 0.6) is 0 Å². The van der Waals surface area contributed by atoms with Crippen LogP contribution in [0.4, 0.5) is 0 Å². The molecule has 2 atom stereocenters. The number of nitrogens with zero attached hydrogens (tertiary/aromatic N) is 1. The number of thioether (sulfide) groups is 1. The van der Waals surface area contributed by atoms with Gasteiger partial charge in [-0.3, -0.25) is 0 Å². The Labute approximate surface area is 113 Å². The van der Waals surface area contributed by atoms with Crippen LogP contribution in [-0.4, -0.2) is 29.1 Å². The van der Waals surface area contributed by atoms with E-state index in [-0.39, 0.29) is 0 Å². The van der Waals surface area contributed by atoms with Gasteiger partial charge < -0.3 is 5.32 Å². The van der Waals surface area contributed by atoms with Gasteiger partial charge in [0.25, 0.3) is 0 Å². The third-order valence-corrected chi connectivity index (χ3v) is 5.83. The van der Waals surface area contributed by atoms with Gasteiger partial charge in [-0.05, 0) is 17.6 Å². The highest BCUT2D eigenvalue weighted by Gasteiger charge is 2.28. The zero-order valence-corrected chi connectivity index (χ0v) is 12.5. The van der Waals surface area contributed by atoms with E-state index in [9.17, 15) is 0 Å². The van der Waals surface area contributed by atoms with Gasteiger partial charge in [-0.2, -0.15) is 11.8 Å². The summed E-state index contributed by atoms with van der Waals surface area (Å²) in [6.07, 6.45) is 3.20. The lowest BCUT2D eigenvalue weighted by Gasteiger charge is -2.35. The van der Waals surface area contributed by atoms with Crippen LogP contribution >= 0.6 is 23.1 Å². The summed E-state index contributed by atoms with van der Waals surface area (Å²) >= 11 is 3.84. The molecular weight excluding hydrogens is 248 g/mol. The quantitative estimate of drug-likeness (QED) is 0.908. The molecule has 4 heteroatoms. The molecule has 2 nitrogen and oxygen atoms in total. The lowest BCUT2D eigenvalue weighted by molar-refractivity contribution is 0.316. The molecule has 1 saturated heterocycles. The van der Waals surface area contributed by atoms with Crippen molar-refractivity contribution in [1.29, 1.82) is 0 Å². The molecule has 0 bridgehead atoms. The van der Waals surface area contributed by atoms with Crippen LogP contribution < -0.4 is 5.32 Å². The summed E-state index contributed by atoms with van der Waals surface area (Å²) in [5.74, 6) is 3.09. The molecule has 0 amide bonds. The lowest BCUT2D eigenvalue weighted by Crippen LogP contribution is -2.41. The van der Waals surface area contributed by atoms with Crippen LogP contribution in [0.25, 0.3) is 0 Å². The van der Waals surface area contributed by atoms with E-state index >= 15 is 0 Å². The highest BCUT2D eigenvalue weighted by molar-refractivity contribution is 7.99. The zero-order chi connectivity index (χ0) is 12.3. The molecule has 0 aliphatic carbocycles. The third kappa shape index (κ3) is 3.97. The van der Waals surface area contributed by atoms with Gasteiger partial charge in [-0.15, -0.1) is 11.3 Å². The van der Waals surface area contributed by atoms with Crippen molar-refractivity contribution in [3.05, 3.63) is 16.6 Å². The molecule has 1 fully saturated rings. The molecule has 2 heterocycles. The summed E-state index contributed by atoms with van der Waals surface area (Å²) in [7, 11) is 0. The second kappa shape index (κ2) is 5.72. The van der Waals surface area contributed by atoms with Gasteiger partial charge >= 0.3 is 0 Å². The molecule has 0 saturated carbocycles. The average molecular weight is 270 g/mol.